The summed E-state index contributed by atoms with van der Waals surface area (Å²) in [6.07, 6.45) is 0.971. The normalized spacial score (nSPS) is 10.5. The highest BCUT2D eigenvalue weighted by atomic mass is 35.5. The molecule has 0 saturated carbocycles. The van der Waals surface area contributed by atoms with Crippen molar-refractivity contribution in [2.75, 3.05) is 5.32 Å². The van der Waals surface area contributed by atoms with Crippen LogP contribution in [0.15, 0.2) is 36.4 Å². The van der Waals surface area contributed by atoms with Crippen molar-refractivity contribution in [3.05, 3.63) is 63.9 Å². The molecule has 2 aromatic carbocycles. The summed E-state index contributed by atoms with van der Waals surface area (Å²) >= 11 is 5.68. The Morgan fingerprint density at radius 1 is 1.21 bits per heavy atom. The highest BCUT2D eigenvalue weighted by Crippen LogP contribution is 2.22. The first-order valence-electron chi connectivity index (χ1n) is 6.38. The molecule has 0 atom stereocenters. The van der Waals surface area contributed by atoms with Crippen LogP contribution in [0.1, 0.15) is 23.6 Å². The van der Waals surface area contributed by atoms with Gasteiger partial charge in [0.15, 0.2) is 0 Å². The maximum atomic E-state index is 13.4. The van der Waals surface area contributed by atoms with E-state index < -0.39 is 0 Å². The van der Waals surface area contributed by atoms with Gasteiger partial charge in [0.25, 0.3) is 0 Å². The molecule has 0 spiro atoms. The first-order chi connectivity index (χ1) is 9.11. The molecule has 19 heavy (non-hydrogen) atoms. The van der Waals surface area contributed by atoms with Gasteiger partial charge in [0, 0.05) is 12.2 Å². The zero-order valence-corrected chi connectivity index (χ0v) is 11.9. The highest BCUT2D eigenvalue weighted by Gasteiger charge is 2.05. The summed E-state index contributed by atoms with van der Waals surface area (Å²) in [5, 5.41) is 3.55. The van der Waals surface area contributed by atoms with Crippen LogP contribution in [0.3, 0.4) is 0 Å². The molecule has 3 heteroatoms. The first-order valence-corrected chi connectivity index (χ1v) is 6.76. The minimum Gasteiger partial charge on any atom is -0.381 e. The van der Waals surface area contributed by atoms with Crippen molar-refractivity contribution >= 4 is 17.3 Å². The Labute approximate surface area is 118 Å². The topological polar surface area (TPSA) is 12.0 Å². The fraction of sp³-hybridized carbons (Fsp3) is 0.250. The summed E-state index contributed by atoms with van der Waals surface area (Å²) in [5.41, 5.74) is 4.50. The summed E-state index contributed by atoms with van der Waals surface area (Å²) in [4.78, 5) is 0. The fourth-order valence-corrected chi connectivity index (χ4v) is 2.23. The van der Waals surface area contributed by atoms with Crippen LogP contribution in [-0.2, 0) is 13.0 Å². The zero-order valence-electron chi connectivity index (χ0n) is 11.1. The molecule has 0 unspecified atom stereocenters. The second-order valence-corrected chi connectivity index (χ2v) is 4.97. The van der Waals surface area contributed by atoms with Crippen molar-refractivity contribution < 1.29 is 4.39 Å². The van der Waals surface area contributed by atoms with Gasteiger partial charge in [-0.1, -0.05) is 42.8 Å². The van der Waals surface area contributed by atoms with E-state index in [9.17, 15) is 4.39 Å². The lowest BCUT2D eigenvalue weighted by Crippen LogP contribution is -2.04. The molecule has 0 bridgehead atoms. The molecule has 0 radical (unpaired) electrons. The van der Waals surface area contributed by atoms with Gasteiger partial charge in [0.05, 0.1) is 5.02 Å². The van der Waals surface area contributed by atoms with Crippen LogP contribution in [0.5, 0.6) is 0 Å². The SMILES string of the molecule is CCc1cccc(C)c1NCc1ccc(Cl)c(F)c1. The Morgan fingerprint density at radius 2 is 2.00 bits per heavy atom. The molecule has 1 nitrogen and oxygen atoms in total. The molecule has 2 rings (SSSR count). The average Bonchev–Trinajstić information content (AvgIpc) is 2.41. The molecule has 0 aliphatic heterocycles. The molecular weight excluding hydrogens is 261 g/mol. The summed E-state index contributed by atoms with van der Waals surface area (Å²) in [6.45, 7) is 4.79. The number of hydrogen-bond donors (Lipinski definition) is 1. The van der Waals surface area contributed by atoms with Gasteiger partial charge >= 0.3 is 0 Å². The van der Waals surface area contributed by atoms with Gasteiger partial charge in [-0.3, -0.25) is 0 Å². The Morgan fingerprint density at radius 3 is 2.68 bits per heavy atom. The van der Waals surface area contributed by atoms with Gasteiger partial charge < -0.3 is 5.32 Å². The second-order valence-electron chi connectivity index (χ2n) is 4.56. The van der Waals surface area contributed by atoms with Crippen LogP contribution in [0.25, 0.3) is 0 Å². The molecule has 0 fully saturated rings. The van der Waals surface area contributed by atoms with Crippen LogP contribution < -0.4 is 5.32 Å². The van der Waals surface area contributed by atoms with Crippen LogP contribution in [0.4, 0.5) is 10.1 Å². The summed E-state index contributed by atoms with van der Waals surface area (Å²) in [6, 6.07) is 11.1. The van der Waals surface area contributed by atoms with E-state index >= 15 is 0 Å². The highest BCUT2D eigenvalue weighted by molar-refractivity contribution is 6.30. The Kier molecular flexibility index (Phi) is 4.43. The fourth-order valence-electron chi connectivity index (χ4n) is 2.12. The van der Waals surface area contributed by atoms with E-state index in [-0.39, 0.29) is 10.8 Å². The van der Waals surface area contributed by atoms with Crippen molar-refractivity contribution in [2.45, 2.75) is 26.8 Å². The lowest BCUT2D eigenvalue weighted by Gasteiger charge is -2.14. The van der Waals surface area contributed by atoms with E-state index in [0.29, 0.717) is 6.54 Å². The van der Waals surface area contributed by atoms with Gasteiger partial charge in [-0.2, -0.15) is 0 Å². The molecule has 0 aliphatic rings. The van der Waals surface area contributed by atoms with Crippen LogP contribution in [0, 0.1) is 12.7 Å². The van der Waals surface area contributed by atoms with E-state index in [2.05, 4.69) is 37.4 Å². The van der Waals surface area contributed by atoms with E-state index in [0.717, 1.165) is 17.7 Å². The van der Waals surface area contributed by atoms with Gasteiger partial charge in [0.2, 0.25) is 0 Å². The van der Waals surface area contributed by atoms with E-state index in [1.54, 1.807) is 6.07 Å². The minimum absolute atomic E-state index is 0.161. The number of rotatable bonds is 4. The van der Waals surface area contributed by atoms with Crippen LogP contribution in [0.2, 0.25) is 5.02 Å². The molecule has 0 aromatic heterocycles. The first kappa shape index (κ1) is 13.9. The van der Waals surface area contributed by atoms with Crippen molar-refractivity contribution in [1.82, 2.24) is 0 Å². The van der Waals surface area contributed by atoms with Gasteiger partial charge in [-0.05, 0) is 42.2 Å². The van der Waals surface area contributed by atoms with E-state index in [1.165, 1.54) is 17.2 Å². The van der Waals surface area contributed by atoms with Gasteiger partial charge in [0.1, 0.15) is 5.82 Å². The van der Waals surface area contributed by atoms with E-state index in [1.807, 2.05) is 6.07 Å². The molecule has 0 amide bonds. The van der Waals surface area contributed by atoms with Gasteiger partial charge in [-0.25, -0.2) is 4.39 Å². The predicted molar refractivity (Wildman–Crippen MR) is 79.3 cm³/mol. The maximum absolute atomic E-state index is 13.4. The van der Waals surface area contributed by atoms with E-state index in [4.69, 9.17) is 11.6 Å². The number of aryl methyl sites for hydroxylation is 2. The van der Waals surface area contributed by atoms with Crippen molar-refractivity contribution in [2.24, 2.45) is 0 Å². The minimum atomic E-state index is -0.374. The molecule has 0 aliphatic carbocycles. The third kappa shape index (κ3) is 3.27. The standard InChI is InChI=1S/C16H17ClFN/c1-3-13-6-4-5-11(2)16(13)19-10-12-7-8-14(17)15(18)9-12/h4-9,19H,3,10H2,1-2H3. The Bertz CT molecular complexity index is 581. The quantitative estimate of drug-likeness (QED) is 0.833. The third-order valence-electron chi connectivity index (χ3n) is 3.19. The molecule has 1 N–H and O–H groups in total. The smallest absolute Gasteiger partial charge is 0.142 e. The summed E-state index contributed by atoms with van der Waals surface area (Å²) < 4.78 is 13.4. The molecule has 2 aromatic rings. The van der Waals surface area contributed by atoms with Crippen molar-refractivity contribution in [3.8, 4) is 0 Å². The van der Waals surface area contributed by atoms with Crippen molar-refractivity contribution in [1.29, 1.82) is 0 Å². The van der Waals surface area contributed by atoms with Gasteiger partial charge in [-0.15, -0.1) is 0 Å². The molecular formula is C16H17ClFN. The average molecular weight is 278 g/mol. The molecule has 100 valence electrons. The Hall–Kier alpha value is -1.54. The number of benzene rings is 2. The molecule has 0 heterocycles. The summed E-state index contributed by atoms with van der Waals surface area (Å²) in [7, 11) is 0. The molecule has 0 saturated heterocycles. The lowest BCUT2D eigenvalue weighted by atomic mass is 10.1. The predicted octanol–water partition coefficient (Wildman–Crippen LogP) is 4.96. The second kappa shape index (κ2) is 6.07. The number of halogens is 2. The number of nitrogens with one attached hydrogen (secondary N) is 1. The maximum Gasteiger partial charge on any atom is 0.142 e. The number of hydrogen-bond acceptors (Lipinski definition) is 1. The number of para-hydroxylation sites is 1. The lowest BCUT2D eigenvalue weighted by molar-refractivity contribution is 0.626. The monoisotopic (exact) mass is 277 g/mol. The number of anilines is 1. The van der Waals surface area contributed by atoms with Crippen LogP contribution in [-0.4, -0.2) is 0 Å². The van der Waals surface area contributed by atoms with Crippen LogP contribution >= 0.6 is 11.6 Å². The van der Waals surface area contributed by atoms with Crippen molar-refractivity contribution in [3.63, 3.8) is 0 Å². The Balaban J connectivity index is 2.16. The summed E-state index contributed by atoms with van der Waals surface area (Å²) in [5.74, 6) is -0.374. The zero-order chi connectivity index (χ0) is 13.8. The largest absolute Gasteiger partial charge is 0.381 e. The third-order valence-corrected chi connectivity index (χ3v) is 3.50.